The summed E-state index contributed by atoms with van der Waals surface area (Å²) < 4.78 is 6.34. The quantitative estimate of drug-likeness (QED) is 0.207. The molecular weight excluding hydrogens is 298 g/mol. The molecule has 4 heteroatoms. The molecule has 0 saturated carbocycles. The first kappa shape index (κ1) is 23.7. The molecule has 0 aromatic heterocycles. The summed E-state index contributed by atoms with van der Waals surface area (Å²) in [5, 5.41) is 0. The standard InChI is InChI=1S/C18H36NO2.ClH/c1-5-9-13-19(14-10-6-2,15-11-7-3)16-12-17-21-18(20)8-4;/h8H,4-7,9-17H2,1-3H3;1H/q+1;/p-1. The van der Waals surface area contributed by atoms with Crippen molar-refractivity contribution in [2.75, 3.05) is 32.8 Å². The largest absolute Gasteiger partial charge is 1.00 e. The first-order valence-electron chi connectivity index (χ1n) is 8.78. The van der Waals surface area contributed by atoms with Gasteiger partial charge in [-0.25, -0.2) is 4.79 Å². The van der Waals surface area contributed by atoms with Crippen molar-refractivity contribution in [3.05, 3.63) is 12.7 Å². The van der Waals surface area contributed by atoms with Gasteiger partial charge in [-0.05, 0) is 19.3 Å². The van der Waals surface area contributed by atoms with Gasteiger partial charge in [0.2, 0.25) is 0 Å². The molecule has 0 rings (SSSR count). The number of halogens is 1. The summed E-state index contributed by atoms with van der Waals surface area (Å²) in [7, 11) is 0. The second-order valence-electron chi connectivity index (χ2n) is 6.02. The van der Waals surface area contributed by atoms with Gasteiger partial charge in [-0.1, -0.05) is 46.6 Å². The molecule has 0 fully saturated rings. The first-order valence-corrected chi connectivity index (χ1v) is 8.78. The van der Waals surface area contributed by atoms with Crippen LogP contribution in [0.2, 0.25) is 0 Å². The summed E-state index contributed by atoms with van der Waals surface area (Å²) in [6, 6.07) is 0. The van der Waals surface area contributed by atoms with Crippen molar-refractivity contribution >= 4 is 5.97 Å². The Balaban J connectivity index is 0. The number of hydrogen-bond donors (Lipinski definition) is 0. The maximum Gasteiger partial charge on any atom is 0.330 e. The van der Waals surface area contributed by atoms with Crippen molar-refractivity contribution in [2.45, 2.75) is 65.7 Å². The smallest absolute Gasteiger partial charge is 0.330 e. The summed E-state index contributed by atoms with van der Waals surface area (Å²) in [5.74, 6) is -0.302. The molecule has 0 heterocycles. The third-order valence-corrected chi connectivity index (χ3v) is 4.15. The highest BCUT2D eigenvalue weighted by Gasteiger charge is 2.25. The molecule has 0 saturated heterocycles. The molecule has 0 aliphatic carbocycles. The molecule has 0 aliphatic rings. The number of carbonyl (C=O) groups is 1. The van der Waals surface area contributed by atoms with Crippen molar-refractivity contribution in [2.24, 2.45) is 0 Å². The maximum absolute atomic E-state index is 11.1. The number of quaternary nitrogens is 1. The van der Waals surface area contributed by atoms with E-state index in [0.717, 1.165) is 13.0 Å². The van der Waals surface area contributed by atoms with E-state index in [2.05, 4.69) is 27.4 Å². The second kappa shape index (κ2) is 15.4. The van der Waals surface area contributed by atoms with E-state index < -0.39 is 0 Å². The van der Waals surface area contributed by atoms with E-state index in [9.17, 15) is 4.79 Å². The molecular formula is C18H36ClNO2. The fourth-order valence-electron chi connectivity index (χ4n) is 2.78. The summed E-state index contributed by atoms with van der Waals surface area (Å²) in [6.45, 7) is 15.7. The van der Waals surface area contributed by atoms with Crippen LogP contribution in [-0.2, 0) is 9.53 Å². The number of ether oxygens (including phenoxy) is 1. The summed E-state index contributed by atoms with van der Waals surface area (Å²) in [6.07, 6.45) is 9.83. The highest BCUT2D eigenvalue weighted by Crippen LogP contribution is 2.16. The lowest BCUT2D eigenvalue weighted by atomic mass is 10.1. The number of carbonyl (C=O) groups excluding carboxylic acids is 1. The van der Waals surface area contributed by atoms with Crippen LogP contribution in [0.5, 0.6) is 0 Å². The zero-order valence-electron chi connectivity index (χ0n) is 14.9. The average Bonchev–Trinajstić information content (AvgIpc) is 2.52. The monoisotopic (exact) mass is 333 g/mol. The predicted octanol–water partition coefficient (Wildman–Crippen LogP) is 1.33. The van der Waals surface area contributed by atoms with Crippen molar-refractivity contribution in [3.63, 3.8) is 0 Å². The Morgan fingerprint density at radius 1 is 0.909 bits per heavy atom. The van der Waals surface area contributed by atoms with Gasteiger partial charge in [0.05, 0.1) is 32.8 Å². The van der Waals surface area contributed by atoms with Gasteiger partial charge in [0.15, 0.2) is 0 Å². The van der Waals surface area contributed by atoms with E-state index in [1.807, 2.05) is 0 Å². The number of nitrogens with zero attached hydrogens (tertiary/aromatic N) is 1. The highest BCUT2D eigenvalue weighted by atomic mass is 35.5. The number of unbranched alkanes of at least 4 members (excludes halogenated alkanes) is 3. The van der Waals surface area contributed by atoms with Gasteiger partial charge < -0.3 is 21.6 Å². The Hall–Kier alpha value is -0.540. The Kier molecular flexibility index (Phi) is 16.6. The lowest BCUT2D eigenvalue weighted by molar-refractivity contribution is -0.929. The molecule has 0 aromatic carbocycles. The molecule has 0 spiro atoms. The molecule has 0 aliphatic heterocycles. The van der Waals surface area contributed by atoms with E-state index >= 15 is 0 Å². The number of hydrogen-bond acceptors (Lipinski definition) is 2. The molecule has 0 amide bonds. The maximum atomic E-state index is 11.1. The van der Waals surface area contributed by atoms with E-state index in [-0.39, 0.29) is 18.4 Å². The summed E-state index contributed by atoms with van der Waals surface area (Å²) >= 11 is 0. The van der Waals surface area contributed by atoms with Crippen LogP contribution >= 0.6 is 0 Å². The van der Waals surface area contributed by atoms with Gasteiger partial charge in [-0.15, -0.1) is 0 Å². The third kappa shape index (κ3) is 11.1. The van der Waals surface area contributed by atoms with Crippen LogP contribution in [0.1, 0.15) is 65.7 Å². The zero-order valence-corrected chi connectivity index (χ0v) is 15.7. The summed E-state index contributed by atoms with van der Waals surface area (Å²) in [4.78, 5) is 11.1. The lowest BCUT2D eigenvalue weighted by Gasteiger charge is -2.39. The minimum atomic E-state index is -0.302. The molecule has 132 valence electrons. The fraction of sp³-hybridized carbons (Fsp3) is 0.833. The predicted molar refractivity (Wildman–Crippen MR) is 90.2 cm³/mol. The minimum absolute atomic E-state index is 0. The molecule has 22 heavy (non-hydrogen) atoms. The van der Waals surface area contributed by atoms with Gasteiger partial charge in [0.25, 0.3) is 0 Å². The molecule has 0 unspecified atom stereocenters. The van der Waals surface area contributed by atoms with Crippen LogP contribution in [0.4, 0.5) is 0 Å². The van der Waals surface area contributed by atoms with Gasteiger partial charge in [-0.2, -0.15) is 0 Å². The van der Waals surface area contributed by atoms with E-state index in [4.69, 9.17) is 4.74 Å². The lowest BCUT2D eigenvalue weighted by Crippen LogP contribution is -3.00. The van der Waals surface area contributed by atoms with Gasteiger partial charge in [-0.3, -0.25) is 0 Å². The van der Waals surface area contributed by atoms with Crippen molar-refractivity contribution < 1.29 is 26.4 Å². The Morgan fingerprint density at radius 3 is 1.68 bits per heavy atom. The van der Waals surface area contributed by atoms with E-state index in [1.54, 1.807) is 0 Å². The van der Waals surface area contributed by atoms with Gasteiger partial charge in [0, 0.05) is 12.5 Å². The number of esters is 1. The molecule has 0 atom stereocenters. The summed E-state index contributed by atoms with van der Waals surface area (Å²) in [5.41, 5.74) is 0. The van der Waals surface area contributed by atoms with Crippen LogP contribution in [0.3, 0.4) is 0 Å². The number of rotatable bonds is 14. The van der Waals surface area contributed by atoms with Gasteiger partial charge >= 0.3 is 5.97 Å². The van der Waals surface area contributed by atoms with E-state index in [0.29, 0.717) is 6.61 Å². The van der Waals surface area contributed by atoms with Crippen LogP contribution in [-0.4, -0.2) is 43.2 Å². The van der Waals surface area contributed by atoms with Crippen LogP contribution < -0.4 is 12.4 Å². The molecule has 0 N–H and O–H groups in total. The Bertz CT molecular complexity index is 260. The second-order valence-corrected chi connectivity index (χ2v) is 6.02. The van der Waals surface area contributed by atoms with Crippen molar-refractivity contribution in [3.8, 4) is 0 Å². The minimum Gasteiger partial charge on any atom is -1.00 e. The van der Waals surface area contributed by atoms with Crippen molar-refractivity contribution in [1.29, 1.82) is 0 Å². The molecule has 3 nitrogen and oxygen atoms in total. The SMILES string of the molecule is C=CC(=O)OCCC[N+](CCCC)(CCCC)CCCC.[Cl-]. The first-order chi connectivity index (χ1) is 10.1. The highest BCUT2D eigenvalue weighted by molar-refractivity contribution is 5.81. The van der Waals surface area contributed by atoms with E-state index in [1.165, 1.54) is 68.7 Å². The topological polar surface area (TPSA) is 26.3 Å². The Morgan fingerprint density at radius 2 is 1.32 bits per heavy atom. The fourth-order valence-corrected chi connectivity index (χ4v) is 2.78. The third-order valence-electron chi connectivity index (χ3n) is 4.15. The van der Waals surface area contributed by atoms with Gasteiger partial charge in [0.1, 0.15) is 0 Å². The molecule has 0 radical (unpaired) electrons. The van der Waals surface area contributed by atoms with Crippen LogP contribution in [0.25, 0.3) is 0 Å². The average molecular weight is 334 g/mol. The Labute approximate surface area is 144 Å². The molecule has 0 bridgehead atoms. The zero-order chi connectivity index (χ0) is 16.0. The van der Waals surface area contributed by atoms with Crippen molar-refractivity contribution in [1.82, 2.24) is 0 Å². The van der Waals surface area contributed by atoms with Crippen LogP contribution in [0.15, 0.2) is 12.7 Å². The van der Waals surface area contributed by atoms with Crippen LogP contribution in [0, 0.1) is 0 Å². The normalized spacial score (nSPS) is 10.9. The molecule has 0 aromatic rings.